The summed E-state index contributed by atoms with van der Waals surface area (Å²) in [5.74, 6) is -0.502. The van der Waals surface area contributed by atoms with Gasteiger partial charge in [0.25, 0.3) is 0 Å². The van der Waals surface area contributed by atoms with Gasteiger partial charge in [-0.25, -0.2) is 4.39 Å². The van der Waals surface area contributed by atoms with Crippen molar-refractivity contribution in [1.29, 1.82) is 0 Å². The molecule has 1 heterocycles. The van der Waals surface area contributed by atoms with Gasteiger partial charge in [0, 0.05) is 18.8 Å². The molecule has 0 aliphatic rings. The summed E-state index contributed by atoms with van der Waals surface area (Å²) in [7, 11) is 0. The van der Waals surface area contributed by atoms with E-state index < -0.39 is 0 Å². The Balaban J connectivity index is 1.89. The van der Waals surface area contributed by atoms with Crippen LogP contribution in [-0.4, -0.2) is 10.9 Å². The summed E-state index contributed by atoms with van der Waals surface area (Å²) < 4.78 is 13.3. The Morgan fingerprint density at radius 2 is 2.20 bits per heavy atom. The molecule has 0 atom stereocenters. The number of pyridine rings is 1. The molecule has 0 aliphatic heterocycles. The molecule has 0 saturated heterocycles. The van der Waals surface area contributed by atoms with Crippen molar-refractivity contribution in [2.75, 3.05) is 0 Å². The van der Waals surface area contributed by atoms with Crippen LogP contribution in [0.15, 0.2) is 48.7 Å². The minimum atomic E-state index is -0.263. The highest BCUT2D eigenvalue weighted by atomic mass is 19.1. The molecule has 0 spiro atoms. The zero-order valence-electron chi connectivity index (χ0n) is 11.1. The molecule has 20 heavy (non-hydrogen) atoms. The molecule has 0 saturated carbocycles. The SMILES string of the molecule is Cc1ccc(CNC(=O)C=Cc2ccccn2)cc1F. The zero-order chi connectivity index (χ0) is 14.4. The van der Waals surface area contributed by atoms with E-state index in [2.05, 4.69) is 10.3 Å². The van der Waals surface area contributed by atoms with Crippen molar-refractivity contribution >= 4 is 12.0 Å². The molecule has 102 valence electrons. The summed E-state index contributed by atoms with van der Waals surface area (Å²) in [4.78, 5) is 15.7. The molecule has 0 radical (unpaired) electrons. The van der Waals surface area contributed by atoms with E-state index in [0.717, 1.165) is 5.56 Å². The van der Waals surface area contributed by atoms with Gasteiger partial charge in [-0.3, -0.25) is 9.78 Å². The number of benzene rings is 1. The van der Waals surface area contributed by atoms with Crippen molar-refractivity contribution in [3.63, 3.8) is 0 Å². The lowest BCUT2D eigenvalue weighted by Gasteiger charge is -2.04. The Hall–Kier alpha value is -2.49. The number of aryl methyl sites for hydroxylation is 1. The fourth-order valence-electron chi connectivity index (χ4n) is 1.63. The third-order valence-corrected chi connectivity index (χ3v) is 2.80. The highest BCUT2D eigenvalue weighted by Gasteiger charge is 2.01. The van der Waals surface area contributed by atoms with Gasteiger partial charge in [0.2, 0.25) is 5.91 Å². The minimum absolute atomic E-state index is 0.239. The van der Waals surface area contributed by atoms with E-state index in [0.29, 0.717) is 17.8 Å². The van der Waals surface area contributed by atoms with Gasteiger partial charge in [-0.1, -0.05) is 18.2 Å². The Morgan fingerprint density at radius 3 is 2.90 bits per heavy atom. The lowest BCUT2D eigenvalue weighted by atomic mass is 10.1. The maximum Gasteiger partial charge on any atom is 0.244 e. The molecule has 4 heteroatoms. The second-order valence-corrected chi connectivity index (χ2v) is 4.39. The van der Waals surface area contributed by atoms with Crippen molar-refractivity contribution in [3.05, 3.63) is 71.3 Å². The van der Waals surface area contributed by atoms with E-state index in [1.165, 1.54) is 12.1 Å². The van der Waals surface area contributed by atoms with Crippen LogP contribution in [0.1, 0.15) is 16.8 Å². The highest BCUT2D eigenvalue weighted by Crippen LogP contribution is 2.08. The van der Waals surface area contributed by atoms with Crippen LogP contribution in [-0.2, 0) is 11.3 Å². The molecule has 1 aromatic carbocycles. The molecule has 1 N–H and O–H groups in total. The Morgan fingerprint density at radius 1 is 1.35 bits per heavy atom. The van der Waals surface area contributed by atoms with E-state index in [1.807, 2.05) is 12.1 Å². The topological polar surface area (TPSA) is 42.0 Å². The van der Waals surface area contributed by atoms with Crippen LogP contribution in [0.25, 0.3) is 6.08 Å². The molecule has 0 fully saturated rings. The van der Waals surface area contributed by atoms with Crippen molar-refractivity contribution < 1.29 is 9.18 Å². The van der Waals surface area contributed by atoms with Gasteiger partial charge in [-0.2, -0.15) is 0 Å². The first kappa shape index (κ1) is 13.9. The fraction of sp³-hybridized carbons (Fsp3) is 0.125. The number of carbonyl (C=O) groups is 1. The number of amides is 1. The first-order valence-corrected chi connectivity index (χ1v) is 6.27. The molecule has 0 unspecified atom stereocenters. The number of halogens is 1. The van der Waals surface area contributed by atoms with Gasteiger partial charge in [0.15, 0.2) is 0 Å². The van der Waals surface area contributed by atoms with E-state index in [1.54, 1.807) is 37.4 Å². The summed E-state index contributed by atoms with van der Waals surface area (Å²) in [6.07, 6.45) is 4.70. The monoisotopic (exact) mass is 270 g/mol. The molecular weight excluding hydrogens is 255 g/mol. The molecular formula is C16H15FN2O. The van der Waals surface area contributed by atoms with E-state index in [-0.39, 0.29) is 11.7 Å². The maximum absolute atomic E-state index is 13.3. The first-order chi connectivity index (χ1) is 9.65. The largest absolute Gasteiger partial charge is 0.348 e. The number of nitrogens with zero attached hydrogens (tertiary/aromatic N) is 1. The van der Waals surface area contributed by atoms with Crippen LogP contribution >= 0.6 is 0 Å². The summed E-state index contributed by atoms with van der Waals surface area (Å²) in [5, 5.41) is 2.70. The van der Waals surface area contributed by atoms with E-state index in [4.69, 9.17) is 0 Å². The van der Waals surface area contributed by atoms with Crippen LogP contribution in [0.5, 0.6) is 0 Å². The number of hydrogen-bond acceptors (Lipinski definition) is 2. The molecule has 2 aromatic rings. The van der Waals surface area contributed by atoms with Crippen molar-refractivity contribution in [1.82, 2.24) is 10.3 Å². The normalized spacial score (nSPS) is 10.7. The Bertz CT molecular complexity index is 624. The van der Waals surface area contributed by atoms with Crippen molar-refractivity contribution in [2.24, 2.45) is 0 Å². The Kier molecular flexibility index (Phi) is 4.60. The average Bonchev–Trinajstić information content (AvgIpc) is 2.47. The molecule has 3 nitrogen and oxygen atoms in total. The number of nitrogens with one attached hydrogen (secondary N) is 1. The summed E-state index contributed by atoms with van der Waals surface area (Å²) in [5.41, 5.74) is 2.03. The van der Waals surface area contributed by atoms with Gasteiger partial charge >= 0.3 is 0 Å². The highest BCUT2D eigenvalue weighted by molar-refractivity contribution is 5.91. The number of rotatable bonds is 4. The van der Waals surface area contributed by atoms with Gasteiger partial charge in [0.1, 0.15) is 5.82 Å². The van der Waals surface area contributed by atoms with Crippen molar-refractivity contribution in [2.45, 2.75) is 13.5 Å². The maximum atomic E-state index is 13.3. The van der Waals surface area contributed by atoms with E-state index in [9.17, 15) is 9.18 Å². The molecule has 0 aliphatic carbocycles. The minimum Gasteiger partial charge on any atom is -0.348 e. The first-order valence-electron chi connectivity index (χ1n) is 6.27. The molecule has 1 aromatic heterocycles. The Labute approximate surface area is 117 Å². The van der Waals surface area contributed by atoms with Crippen LogP contribution in [0.3, 0.4) is 0 Å². The molecule has 2 rings (SSSR count). The second kappa shape index (κ2) is 6.61. The van der Waals surface area contributed by atoms with Crippen LogP contribution < -0.4 is 5.32 Å². The smallest absolute Gasteiger partial charge is 0.244 e. The number of hydrogen-bond donors (Lipinski definition) is 1. The van der Waals surface area contributed by atoms with Gasteiger partial charge < -0.3 is 5.32 Å². The van der Waals surface area contributed by atoms with Gasteiger partial charge in [0.05, 0.1) is 5.69 Å². The lowest BCUT2D eigenvalue weighted by Crippen LogP contribution is -2.20. The van der Waals surface area contributed by atoms with Crippen LogP contribution in [0.4, 0.5) is 4.39 Å². The summed E-state index contributed by atoms with van der Waals surface area (Å²) >= 11 is 0. The quantitative estimate of drug-likeness (QED) is 0.868. The van der Waals surface area contributed by atoms with Crippen molar-refractivity contribution in [3.8, 4) is 0 Å². The standard InChI is InChI=1S/C16H15FN2O/c1-12-5-6-13(10-15(12)17)11-19-16(20)8-7-14-4-2-3-9-18-14/h2-10H,11H2,1H3,(H,19,20). The summed E-state index contributed by atoms with van der Waals surface area (Å²) in [6.45, 7) is 2.00. The fourth-order valence-corrected chi connectivity index (χ4v) is 1.63. The average molecular weight is 270 g/mol. The summed E-state index contributed by atoms with van der Waals surface area (Å²) in [6, 6.07) is 10.4. The third kappa shape index (κ3) is 4.02. The zero-order valence-corrected chi connectivity index (χ0v) is 11.1. The van der Waals surface area contributed by atoms with Crippen LogP contribution in [0.2, 0.25) is 0 Å². The second-order valence-electron chi connectivity index (χ2n) is 4.39. The lowest BCUT2D eigenvalue weighted by molar-refractivity contribution is -0.116. The third-order valence-electron chi connectivity index (χ3n) is 2.80. The van der Waals surface area contributed by atoms with Crippen LogP contribution in [0, 0.1) is 12.7 Å². The van der Waals surface area contributed by atoms with Gasteiger partial charge in [-0.15, -0.1) is 0 Å². The predicted molar refractivity (Wildman–Crippen MR) is 76.3 cm³/mol. The molecule has 0 bridgehead atoms. The van der Waals surface area contributed by atoms with E-state index >= 15 is 0 Å². The number of aromatic nitrogens is 1. The molecule has 1 amide bonds. The number of carbonyl (C=O) groups excluding carboxylic acids is 1. The van der Waals surface area contributed by atoms with Gasteiger partial charge in [-0.05, 0) is 42.3 Å². The predicted octanol–water partition coefficient (Wildman–Crippen LogP) is 2.86.